The van der Waals surface area contributed by atoms with Gasteiger partial charge in [0.15, 0.2) is 4.34 Å². The van der Waals surface area contributed by atoms with E-state index in [1.165, 1.54) is 11.8 Å². The zero-order valence-electron chi connectivity index (χ0n) is 11.3. The molecule has 0 saturated heterocycles. The first-order valence-corrected chi connectivity index (χ1v) is 7.55. The molecule has 1 N–H and O–H groups in total. The van der Waals surface area contributed by atoms with Gasteiger partial charge in [0.2, 0.25) is 17.1 Å². The average molecular weight is 296 g/mol. The number of hydrogen-bond donors (Lipinski definition) is 1. The molecule has 2 heterocycles. The van der Waals surface area contributed by atoms with Gasteiger partial charge in [-0.1, -0.05) is 0 Å². The Morgan fingerprint density at radius 1 is 1.26 bits per heavy atom. The fourth-order valence-electron chi connectivity index (χ4n) is 1.29. The number of thiazole rings is 1. The van der Waals surface area contributed by atoms with Gasteiger partial charge < -0.3 is 10.2 Å². The Kier molecular flexibility index (Phi) is 4.54. The van der Waals surface area contributed by atoms with Gasteiger partial charge in [-0.25, -0.2) is 4.98 Å². The molecule has 0 spiro atoms. The van der Waals surface area contributed by atoms with Crippen molar-refractivity contribution in [2.24, 2.45) is 0 Å². The topological polar surface area (TPSA) is 66.8 Å². The maximum Gasteiger partial charge on any atom is 0.230 e. The summed E-state index contributed by atoms with van der Waals surface area (Å²) in [6.45, 7) is 4.76. The van der Waals surface area contributed by atoms with E-state index in [0.717, 1.165) is 16.6 Å². The molecule has 8 heteroatoms. The molecular weight excluding hydrogens is 280 g/mol. The quantitative estimate of drug-likeness (QED) is 0.908. The molecule has 0 amide bonds. The first-order valence-electron chi connectivity index (χ1n) is 5.85. The van der Waals surface area contributed by atoms with Crippen LogP contribution in [-0.2, 0) is 0 Å². The molecule has 0 radical (unpaired) electrons. The summed E-state index contributed by atoms with van der Waals surface area (Å²) >= 11 is 3.05. The Bertz CT molecular complexity index is 554. The molecule has 2 aromatic heterocycles. The lowest BCUT2D eigenvalue weighted by atomic mass is 10.6. The van der Waals surface area contributed by atoms with Crippen molar-refractivity contribution in [1.29, 1.82) is 0 Å². The zero-order valence-corrected chi connectivity index (χ0v) is 13.0. The van der Waals surface area contributed by atoms with Gasteiger partial charge in [-0.2, -0.15) is 15.0 Å². The van der Waals surface area contributed by atoms with Crippen LogP contribution in [0.4, 0.5) is 11.9 Å². The summed E-state index contributed by atoms with van der Waals surface area (Å²) in [5, 5.41) is 5.79. The van der Waals surface area contributed by atoms with Gasteiger partial charge in [0, 0.05) is 31.7 Å². The van der Waals surface area contributed by atoms with Crippen LogP contribution in [0.5, 0.6) is 0 Å². The Balaban J connectivity index is 2.27. The second-order valence-corrected chi connectivity index (χ2v) is 6.10. The van der Waals surface area contributed by atoms with Gasteiger partial charge in [0.1, 0.15) is 0 Å². The highest BCUT2D eigenvalue weighted by Crippen LogP contribution is 2.28. The summed E-state index contributed by atoms with van der Waals surface area (Å²) in [5.41, 5.74) is 1.02. The predicted octanol–water partition coefficient (Wildman–Crippen LogP) is 2.29. The third-order valence-corrected chi connectivity index (χ3v) is 4.04. The molecule has 0 aliphatic rings. The van der Waals surface area contributed by atoms with E-state index >= 15 is 0 Å². The summed E-state index contributed by atoms with van der Waals surface area (Å²) in [4.78, 5) is 19.4. The van der Waals surface area contributed by atoms with Crippen molar-refractivity contribution in [2.75, 3.05) is 30.9 Å². The van der Waals surface area contributed by atoms with Gasteiger partial charge in [-0.05, 0) is 25.6 Å². The summed E-state index contributed by atoms with van der Waals surface area (Å²) in [6, 6.07) is 0. The second-order valence-electron chi connectivity index (χ2n) is 4.02. The molecule has 6 nitrogen and oxygen atoms in total. The third-order valence-electron chi connectivity index (χ3n) is 2.11. The van der Waals surface area contributed by atoms with Crippen LogP contribution in [0.15, 0.2) is 14.9 Å². The van der Waals surface area contributed by atoms with Crippen molar-refractivity contribution >= 4 is 35.0 Å². The van der Waals surface area contributed by atoms with Gasteiger partial charge in [0.25, 0.3) is 0 Å². The van der Waals surface area contributed by atoms with Crippen molar-refractivity contribution in [3.63, 3.8) is 0 Å². The molecule has 19 heavy (non-hydrogen) atoms. The van der Waals surface area contributed by atoms with E-state index < -0.39 is 0 Å². The van der Waals surface area contributed by atoms with Gasteiger partial charge in [0.05, 0.1) is 0 Å². The minimum Gasteiger partial charge on any atom is -0.354 e. The normalized spacial score (nSPS) is 10.5. The SMILES string of the molecule is CCNc1nc(Sc2nc(C)cs2)nc(N(C)C)n1. The van der Waals surface area contributed by atoms with E-state index in [4.69, 9.17) is 0 Å². The first-order chi connectivity index (χ1) is 9.08. The van der Waals surface area contributed by atoms with Crippen LogP contribution in [-0.4, -0.2) is 40.6 Å². The molecule has 102 valence electrons. The minimum atomic E-state index is 0.594. The standard InChI is InChI=1S/C11H16N6S2/c1-5-12-8-14-9(17(3)4)16-10(15-8)19-11-13-7(2)6-18-11/h6H,5H2,1-4H3,(H,12,14,15,16). The number of nitrogens with zero attached hydrogens (tertiary/aromatic N) is 5. The lowest BCUT2D eigenvalue weighted by Gasteiger charge is -2.12. The fourth-order valence-corrected chi connectivity index (χ4v) is 2.97. The Hall–Kier alpha value is -1.41. The van der Waals surface area contributed by atoms with E-state index in [1.807, 2.05) is 38.2 Å². The predicted molar refractivity (Wildman–Crippen MR) is 79.3 cm³/mol. The molecule has 0 unspecified atom stereocenters. The Morgan fingerprint density at radius 3 is 2.63 bits per heavy atom. The summed E-state index contributed by atoms with van der Waals surface area (Å²) in [7, 11) is 3.82. The van der Waals surface area contributed by atoms with Crippen LogP contribution in [0.1, 0.15) is 12.6 Å². The van der Waals surface area contributed by atoms with E-state index in [-0.39, 0.29) is 0 Å². The molecule has 0 fully saturated rings. The average Bonchev–Trinajstić information content (AvgIpc) is 2.75. The highest BCUT2D eigenvalue weighted by atomic mass is 32.2. The molecule has 0 aliphatic heterocycles. The van der Waals surface area contributed by atoms with E-state index in [2.05, 4.69) is 25.3 Å². The van der Waals surface area contributed by atoms with Crippen LogP contribution in [0, 0.1) is 6.92 Å². The van der Waals surface area contributed by atoms with Crippen LogP contribution in [0.2, 0.25) is 0 Å². The van der Waals surface area contributed by atoms with Crippen LogP contribution in [0.25, 0.3) is 0 Å². The van der Waals surface area contributed by atoms with Crippen molar-refractivity contribution in [3.05, 3.63) is 11.1 Å². The zero-order chi connectivity index (χ0) is 13.8. The molecule has 2 aromatic rings. The minimum absolute atomic E-state index is 0.594. The van der Waals surface area contributed by atoms with Crippen molar-refractivity contribution in [2.45, 2.75) is 23.3 Å². The van der Waals surface area contributed by atoms with Crippen LogP contribution < -0.4 is 10.2 Å². The summed E-state index contributed by atoms with van der Waals surface area (Å²) in [6.07, 6.45) is 0. The van der Waals surface area contributed by atoms with E-state index in [1.54, 1.807) is 11.3 Å². The number of anilines is 2. The number of rotatable bonds is 5. The van der Waals surface area contributed by atoms with Crippen molar-refractivity contribution in [3.8, 4) is 0 Å². The monoisotopic (exact) mass is 296 g/mol. The number of aryl methyl sites for hydroxylation is 1. The lowest BCUT2D eigenvalue weighted by Crippen LogP contribution is -2.15. The van der Waals surface area contributed by atoms with Gasteiger partial charge in [-0.3, -0.25) is 0 Å². The van der Waals surface area contributed by atoms with E-state index in [9.17, 15) is 0 Å². The summed E-state index contributed by atoms with van der Waals surface area (Å²) in [5.74, 6) is 1.23. The highest BCUT2D eigenvalue weighted by Gasteiger charge is 2.10. The van der Waals surface area contributed by atoms with Crippen molar-refractivity contribution < 1.29 is 0 Å². The number of hydrogen-bond acceptors (Lipinski definition) is 8. The molecular formula is C11H16N6S2. The molecule has 0 atom stereocenters. The third kappa shape index (κ3) is 3.77. The molecule has 0 aromatic carbocycles. The van der Waals surface area contributed by atoms with Crippen LogP contribution in [0.3, 0.4) is 0 Å². The smallest absolute Gasteiger partial charge is 0.230 e. The lowest BCUT2D eigenvalue weighted by molar-refractivity contribution is 0.863. The van der Waals surface area contributed by atoms with Gasteiger partial charge >= 0.3 is 0 Å². The molecule has 2 rings (SSSR count). The van der Waals surface area contributed by atoms with Crippen molar-refractivity contribution in [1.82, 2.24) is 19.9 Å². The Labute approximate surface area is 120 Å². The second kappa shape index (κ2) is 6.16. The van der Waals surface area contributed by atoms with E-state index in [0.29, 0.717) is 17.1 Å². The maximum atomic E-state index is 4.41. The maximum absolute atomic E-state index is 4.41. The number of nitrogens with one attached hydrogen (secondary N) is 1. The first kappa shape index (κ1) is 14.0. The molecule has 0 saturated carbocycles. The molecule has 0 aliphatic carbocycles. The summed E-state index contributed by atoms with van der Waals surface area (Å²) < 4.78 is 0.941. The number of aromatic nitrogens is 4. The van der Waals surface area contributed by atoms with Gasteiger partial charge in [-0.15, -0.1) is 11.3 Å². The fraction of sp³-hybridized carbons (Fsp3) is 0.455. The molecule has 0 bridgehead atoms. The van der Waals surface area contributed by atoms with Crippen LogP contribution >= 0.6 is 23.1 Å². The Morgan fingerprint density at radius 2 is 2.05 bits per heavy atom. The largest absolute Gasteiger partial charge is 0.354 e. The highest BCUT2D eigenvalue weighted by molar-refractivity contribution is 8.00.